The molecule has 1 atom stereocenters. The van der Waals surface area contributed by atoms with Crippen LogP contribution in [-0.4, -0.2) is 35.7 Å². The Morgan fingerprint density at radius 1 is 1.17 bits per heavy atom. The van der Waals surface area contributed by atoms with Crippen LogP contribution in [0, 0.1) is 12.8 Å². The van der Waals surface area contributed by atoms with Crippen molar-refractivity contribution in [2.45, 2.75) is 76.4 Å². The SMILES string of the molecule is COC(=O)c1c(C)n(C(C)C2CCC(NC3CC(F)(F)C3)CC2)c2ccccc12. The predicted molar refractivity (Wildman–Crippen MR) is 110 cm³/mol. The van der Waals surface area contributed by atoms with Crippen molar-refractivity contribution < 1.29 is 18.3 Å². The maximum Gasteiger partial charge on any atom is 0.340 e. The summed E-state index contributed by atoms with van der Waals surface area (Å²) in [6.07, 6.45) is 4.10. The van der Waals surface area contributed by atoms with Crippen molar-refractivity contribution in [2.75, 3.05) is 7.11 Å². The van der Waals surface area contributed by atoms with Crippen molar-refractivity contribution in [1.29, 1.82) is 0 Å². The van der Waals surface area contributed by atoms with Crippen LogP contribution in [0.25, 0.3) is 10.9 Å². The van der Waals surface area contributed by atoms with E-state index in [1.54, 1.807) is 0 Å². The van der Waals surface area contributed by atoms with Gasteiger partial charge in [0.1, 0.15) is 0 Å². The molecule has 2 fully saturated rings. The number of benzene rings is 1. The minimum Gasteiger partial charge on any atom is -0.465 e. The Bertz CT molecular complexity index is 892. The minimum absolute atomic E-state index is 0.0197. The number of alkyl halides is 2. The van der Waals surface area contributed by atoms with E-state index in [-0.39, 0.29) is 30.9 Å². The van der Waals surface area contributed by atoms with Gasteiger partial charge in [-0.05, 0) is 51.5 Å². The van der Waals surface area contributed by atoms with Gasteiger partial charge in [-0.25, -0.2) is 13.6 Å². The number of carbonyl (C=O) groups excluding carboxylic acids is 1. The summed E-state index contributed by atoms with van der Waals surface area (Å²) in [5.74, 6) is -2.26. The summed E-state index contributed by atoms with van der Waals surface area (Å²) in [6, 6.07) is 8.57. The van der Waals surface area contributed by atoms with Crippen molar-refractivity contribution >= 4 is 16.9 Å². The number of rotatable bonds is 5. The Labute approximate surface area is 170 Å². The highest BCUT2D eigenvalue weighted by molar-refractivity contribution is 6.05. The predicted octanol–water partition coefficient (Wildman–Crippen LogP) is 5.24. The van der Waals surface area contributed by atoms with Gasteiger partial charge in [-0.15, -0.1) is 0 Å². The number of hydrogen-bond acceptors (Lipinski definition) is 3. The van der Waals surface area contributed by atoms with Crippen molar-refractivity contribution in [2.24, 2.45) is 5.92 Å². The fourth-order valence-electron chi connectivity index (χ4n) is 5.37. The van der Waals surface area contributed by atoms with Gasteiger partial charge >= 0.3 is 5.97 Å². The third-order valence-corrected chi connectivity index (χ3v) is 6.97. The number of carbonyl (C=O) groups is 1. The summed E-state index contributed by atoms with van der Waals surface area (Å²) in [5.41, 5.74) is 2.66. The van der Waals surface area contributed by atoms with E-state index in [0.717, 1.165) is 42.3 Å². The molecule has 0 saturated heterocycles. The molecule has 2 aliphatic carbocycles. The molecule has 0 spiro atoms. The van der Waals surface area contributed by atoms with Gasteiger partial charge in [0.05, 0.1) is 12.7 Å². The van der Waals surface area contributed by atoms with Gasteiger partial charge in [-0.3, -0.25) is 0 Å². The normalized spacial score (nSPS) is 25.6. The molecule has 1 aromatic heterocycles. The van der Waals surface area contributed by atoms with E-state index in [2.05, 4.69) is 22.9 Å². The standard InChI is InChI=1S/C23H30F2N2O2/c1-14(16-8-10-17(11-9-16)26-18-12-23(24,25)13-18)27-15(2)21(22(28)29-3)19-6-4-5-7-20(19)27/h4-7,14,16-18,26H,8-13H2,1-3H3. The van der Waals surface area contributed by atoms with Gasteiger partial charge in [0.25, 0.3) is 5.92 Å². The molecule has 4 nitrogen and oxygen atoms in total. The molecule has 2 aliphatic rings. The van der Waals surface area contributed by atoms with Gasteiger partial charge in [0.15, 0.2) is 0 Å². The Hall–Kier alpha value is -1.95. The van der Waals surface area contributed by atoms with Crippen molar-refractivity contribution in [3.05, 3.63) is 35.5 Å². The summed E-state index contributed by atoms with van der Waals surface area (Å²) in [6.45, 7) is 4.22. The summed E-state index contributed by atoms with van der Waals surface area (Å²) >= 11 is 0. The molecule has 0 aliphatic heterocycles. The molecule has 1 aromatic carbocycles. The fourth-order valence-corrected chi connectivity index (χ4v) is 5.37. The third kappa shape index (κ3) is 3.79. The van der Waals surface area contributed by atoms with Crippen LogP contribution < -0.4 is 5.32 Å². The molecule has 0 amide bonds. The molecule has 1 heterocycles. The molecule has 4 rings (SSSR count). The van der Waals surface area contributed by atoms with Gasteiger partial charge in [-0.2, -0.15) is 0 Å². The molecular weight excluding hydrogens is 374 g/mol. The monoisotopic (exact) mass is 404 g/mol. The van der Waals surface area contributed by atoms with Crippen LogP contribution in [0.15, 0.2) is 24.3 Å². The first-order chi connectivity index (χ1) is 13.8. The van der Waals surface area contributed by atoms with Crippen LogP contribution in [0.2, 0.25) is 0 Å². The highest BCUT2D eigenvalue weighted by Crippen LogP contribution is 2.40. The topological polar surface area (TPSA) is 43.3 Å². The van der Waals surface area contributed by atoms with E-state index in [1.165, 1.54) is 7.11 Å². The first-order valence-electron chi connectivity index (χ1n) is 10.6. The van der Waals surface area contributed by atoms with Crippen molar-refractivity contribution in [3.63, 3.8) is 0 Å². The maximum atomic E-state index is 13.1. The molecule has 0 radical (unpaired) electrons. The van der Waals surface area contributed by atoms with Crippen LogP contribution >= 0.6 is 0 Å². The Morgan fingerprint density at radius 2 is 1.83 bits per heavy atom. The smallest absolute Gasteiger partial charge is 0.340 e. The highest BCUT2D eigenvalue weighted by atomic mass is 19.3. The quantitative estimate of drug-likeness (QED) is 0.693. The van der Waals surface area contributed by atoms with Crippen molar-refractivity contribution in [1.82, 2.24) is 9.88 Å². The third-order valence-electron chi connectivity index (χ3n) is 6.97. The molecule has 6 heteroatoms. The molecule has 158 valence electrons. The zero-order valence-electron chi connectivity index (χ0n) is 17.4. The van der Waals surface area contributed by atoms with E-state index < -0.39 is 5.92 Å². The molecule has 2 aromatic rings. The molecular formula is C23H30F2N2O2. The zero-order valence-corrected chi connectivity index (χ0v) is 17.4. The fraction of sp³-hybridized carbons (Fsp3) is 0.609. The molecule has 0 bridgehead atoms. The van der Waals surface area contributed by atoms with E-state index in [9.17, 15) is 13.6 Å². The summed E-state index contributed by atoms with van der Waals surface area (Å²) < 4.78 is 33.5. The van der Waals surface area contributed by atoms with Gasteiger partial charge < -0.3 is 14.6 Å². The largest absolute Gasteiger partial charge is 0.465 e. The Morgan fingerprint density at radius 3 is 2.45 bits per heavy atom. The second kappa shape index (κ2) is 7.71. The highest BCUT2D eigenvalue weighted by Gasteiger charge is 2.46. The lowest BCUT2D eigenvalue weighted by Crippen LogP contribution is -2.52. The van der Waals surface area contributed by atoms with E-state index in [4.69, 9.17) is 4.74 Å². The molecule has 1 N–H and O–H groups in total. The van der Waals surface area contributed by atoms with Crippen LogP contribution in [0.5, 0.6) is 0 Å². The second-order valence-corrected chi connectivity index (χ2v) is 8.82. The second-order valence-electron chi connectivity index (χ2n) is 8.82. The zero-order chi connectivity index (χ0) is 20.8. The first kappa shape index (κ1) is 20.3. The average molecular weight is 405 g/mol. The minimum atomic E-state index is -2.46. The average Bonchev–Trinajstić information content (AvgIpc) is 2.98. The first-order valence-corrected chi connectivity index (χ1v) is 10.6. The van der Waals surface area contributed by atoms with Crippen LogP contribution in [0.3, 0.4) is 0 Å². The Kier molecular flexibility index (Phi) is 5.40. The molecule has 29 heavy (non-hydrogen) atoms. The maximum absolute atomic E-state index is 13.1. The van der Waals surface area contributed by atoms with Crippen molar-refractivity contribution in [3.8, 4) is 0 Å². The van der Waals surface area contributed by atoms with Crippen LogP contribution in [0.1, 0.15) is 67.5 Å². The number of hydrogen-bond donors (Lipinski definition) is 1. The molecule has 1 unspecified atom stereocenters. The van der Waals surface area contributed by atoms with E-state index >= 15 is 0 Å². The van der Waals surface area contributed by atoms with Crippen LogP contribution in [0.4, 0.5) is 8.78 Å². The van der Waals surface area contributed by atoms with Crippen LogP contribution in [-0.2, 0) is 4.74 Å². The molecule has 2 saturated carbocycles. The number of nitrogens with one attached hydrogen (secondary N) is 1. The van der Waals surface area contributed by atoms with E-state index in [0.29, 0.717) is 17.5 Å². The summed E-state index contributed by atoms with van der Waals surface area (Å²) in [4.78, 5) is 12.4. The number of halogens is 2. The lowest BCUT2D eigenvalue weighted by molar-refractivity contribution is -0.0957. The lowest BCUT2D eigenvalue weighted by Gasteiger charge is -2.41. The summed E-state index contributed by atoms with van der Waals surface area (Å²) in [7, 11) is 1.42. The summed E-state index contributed by atoms with van der Waals surface area (Å²) in [5, 5.41) is 4.36. The van der Waals surface area contributed by atoms with Gasteiger partial charge in [-0.1, -0.05) is 18.2 Å². The number of para-hydroxylation sites is 1. The lowest BCUT2D eigenvalue weighted by atomic mass is 9.80. The number of aromatic nitrogens is 1. The number of methoxy groups -OCH3 is 1. The number of ether oxygens (including phenoxy) is 1. The number of esters is 1. The number of fused-ring (bicyclic) bond motifs is 1. The number of nitrogens with zero attached hydrogens (tertiary/aromatic N) is 1. The van der Waals surface area contributed by atoms with Gasteiger partial charge in [0, 0.05) is 47.6 Å². The van der Waals surface area contributed by atoms with E-state index in [1.807, 2.05) is 25.1 Å². The Balaban J connectivity index is 1.48. The van der Waals surface area contributed by atoms with Gasteiger partial charge in [0.2, 0.25) is 0 Å².